The molecule has 2 heterocycles. The molecular formula is C19H27N4O2+. The van der Waals surface area contributed by atoms with E-state index in [-0.39, 0.29) is 0 Å². The van der Waals surface area contributed by atoms with Crippen LogP contribution in [0.25, 0.3) is 10.9 Å². The Morgan fingerprint density at radius 1 is 1.40 bits per heavy atom. The molecule has 0 aliphatic rings. The number of hydrogen-bond acceptors (Lipinski definition) is 2. The van der Waals surface area contributed by atoms with Crippen LogP contribution in [0.1, 0.15) is 25.3 Å². The van der Waals surface area contributed by atoms with Crippen LogP contribution in [0.2, 0.25) is 0 Å². The van der Waals surface area contributed by atoms with Gasteiger partial charge in [-0.3, -0.25) is 4.79 Å². The van der Waals surface area contributed by atoms with Crippen LogP contribution in [0.15, 0.2) is 49.2 Å². The zero-order valence-corrected chi connectivity index (χ0v) is 14.9. The molecular weight excluding hydrogens is 316 g/mol. The first kappa shape index (κ1) is 18.7. The summed E-state index contributed by atoms with van der Waals surface area (Å²) >= 11 is 0. The summed E-state index contributed by atoms with van der Waals surface area (Å²) in [6, 6.07) is 6.91. The molecule has 2 aromatic heterocycles. The number of aryl methyl sites for hydroxylation is 2. The molecule has 3 rings (SSSR count). The minimum absolute atomic E-state index is 0.347. The van der Waals surface area contributed by atoms with E-state index in [0.29, 0.717) is 6.42 Å². The quantitative estimate of drug-likeness (QED) is 0.600. The number of hydrogen-bond donors (Lipinski definition) is 3. The number of imidazole rings is 1. The zero-order chi connectivity index (χ0) is 18.2. The summed E-state index contributed by atoms with van der Waals surface area (Å²) in [5, 5.41) is 9.75. The predicted molar refractivity (Wildman–Crippen MR) is 98.1 cm³/mol. The van der Waals surface area contributed by atoms with E-state index >= 15 is 0 Å². The fraction of sp³-hybridized carbons (Fsp3) is 0.368. The monoisotopic (exact) mass is 343 g/mol. The van der Waals surface area contributed by atoms with Gasteiger partial charge in [-0.25, -0.2) is 9.13 Å². The number of aromatic nitrogens is 3. The topological polar surface area (TPSA) is 87.9 Å². The Labute approximate surface area is 147 Å². The third kappa shape index (κ3) is 5.46. The fourth-order valence-corrected chi connectivity index (χ4v) is 2.60. The first-order chi connectivity index (χ1) is 12.0. The summed E-state index contributed by atoms with van der Waals surface area (Å²) in [6.07, 6.45) is 11.0. The van der Waals surface area contributed by atoms with E-state index in [1.54, 1.807) is 0 Å². The van der Waals surface area contributed by atoms with Gasteiger partial charge in [0, 0.05) is 23.5 Å². The number of aromatic amines is 1. The molecule has 134 valence electrons. The Kier molecular flexibility index (Phi) is 6.77. The van der Waals surface area contributed by atoms with Crippen LogP contribution in [0, 0.1) is 0 Å². The van der Waals surface area contributed by atoms with E-state index in [2.05, 4.69) is 39.8 Å². The highest BCUT2D eigenvalue weighted by molar-refractivity contribution is 5.84. The second kappa shape index (κ2) is 9.03. The molecule has 6 heteroatoms. The maximum Gasteiger partial charge on any atom is 0.320 e. The lowest BCUT2D eigenvalue weighted by Gasteiger charge is -2.04. The van der Waals surface area contributed by atoms with Crippen molar-refractivity contribution in [3.63, 3.8) is 0 Å². The number of carboxylic acids is 1. The van der Waals surface area contributed by atoms with Gasteiger partial charge in [-0.15, -0.1) is 0 Å². The van der Waals surface area contributed by atoms with Crippen molar-refractivity contribution in [2.24, 2.45) is 12.8 Å². The van der Waals surface area contributed by atoms with Gasteiger partial charge < -0.3 is 15.8 Å². The van der Waals surface area contributed by atoms with Crippen molar-refractivity contribution >= 4 is 16.9 Å². The molecule has 1 atom stereocenters. The highest BCUT2D eigenvalue weighted by Gasteiger charge is 2.14. The summed E-state index contributed by atoms with van der Waals surface area (Å²) in [6.45, 7) is 3.36. The highest BCUT2D eigenvalue weighted by atomic mass is 16.4. The van der Waals surface area contributed by atoms with Gasteiger partial charge >= 0.3 is 5.97 Å². The van der Waals surface area contributed by atoms with Gasteiger partial charge in [0.1, 0.15) is 18.4 Å². The van der Waals surface area contributed by atoms with Crippen LogP contribution in [-0.4, -0.2) is 26.7 Å². The van der Waals surface area contributed by atoms with E-state index in [4.69, 9.17) is 10.8 Å². The second-order valence-corrected chi connectivity index (χ2v) is 6.18. The van der Waals surface area contributed by atoms with Gasteiger partial charge in [-0.2, -0.15) is 0 Å². The average Bonchev–Trinajstić information content (AvgIpc) is 3.20. The minimum atomic E-state index is -0.972. The maximum absolute atomic E-state index is 10.6. The second-order valence-electron chi connectivity index (χ2n) is 6.18. The lowest BCUT2D eigenvalue weighted by molar-refractivity contribution is -0.671. The van der Waals surface area contributed by atoms with Gasteiger partial charge in [0.15, 0.2) is 0 Å². The number of carbonyl (C=O) groups is 1. The first-order valence-electron chi connectivity index (χ1n) is 8.55. The third-order valence-electron chi connectivity index (χ3n) is 4.03. The van der Waals surface area contributed by atoms with Crippen LogP contribution >= 0.6 is 0 Å². The van der Waals surface area contributed by atoms with Gasteiger partial charge in [-0.05, 0) is 18.1 Å². The summed E-state index contributed by atoms with van der Waals surface area (Å²) in [7, 11) is 2.04. The molecule has 0 aliphatic carbocycles. The van der Waals surface area contributed by atoms with Crippen LogP contribution in [-0.2, 0) is 24.8 Å². The lowest BCUT2D eigenvalue weighted by Crippen LogP contribution is -2.32. The van der Waals surface area contributed by atoms with Crippen molar-refractivity contribution in [3.8, 4) is 0 Å². The van der Waals surface area contributed by atoms with Crippen molar-refractivity contribution in [1.29, 1.82) is 0 Å². The largest absolute Gasteiger partial charge is 0.480 e. The Hall–Kier alpha value is -2.60. The smallest absolute Gasteiger partial charge is 0.320 e. The highest BCUT2D eigenvalue weighted by Crippen LogP contribution is 2.18. The van der Waals surface area contributed by atoms with Crippen LogP contribution < -0.4 is 10.3 Å². The molecule has 25 heavy (non-hydrogen) atoms. The molecule has 6 nitrogen and oxygen atoms in total. The number of nitrogens with zero attached hydrogens (tertiary/aromatic N) is 2. The minimum Gasteiger partial charge on any atom is -0.480 e. The molecule has 0 saturated carbocycles. The summed E-state index contributed by atoms with van der Waals surface area (Å²) in [5.74, 6) is -0.972. The van der Waals surface area contributed by atoms with Crippen molar-refractivity contribution in [2.45, 2.75) is 38.8 Å². The third-order valence-corrected chi connectivity index (χ3v) is 4.03. The molecule has 0 amide bonds. The number of carboxylic acid groups (broad SMARTS) is 1. The molecule has 3 aromatic rings. The maximum atomic E-state index is 10.6. The molecule has 0 unspecified atom stereocenters. The van der Waals surface area contributed by atoms with E-state index in [0.717, 1.165) is 23.0 Å². The van der Waals surface area contributed by atoms with E-state index in [9.17, 15) is 4.79 Å². The Balaban J connectivity index is 0.000000196. The van der Waals surface area contributed by atoms with Gasteiger partial charge in [0.25, 0.3) is 0 Å². The van der Waals surface area contributed by atoms with Crippen LogP contribution in [0.4, 0.5) is 0 Å². The number of aliphatic carboxylic acids is 1. The molecule has 0 fully saturated rings. The standard InChI is InChI=1S/C11H12N2O2.C8H15N2/c12-9(11(14)15)5-7-6-13-10-4-2-1-3-8(7)10;1-3-4-5-10-7-6-9(2)8-10/h1-4,6,9,13H,5,12H2,(H,14,15);6-8H,3-5H2,1-2H3/q;+1/t9-;/m0./s1. The van der Waals surface area contributed by atoms with Crippen LogP contribution in [0.3, 0.4) is 0 Å². The molecule has 0 aliphatic heterocycles. The summed E-state index contributed by atoms with van der Waals surface area (Å²) in [5.41, 5.74) is 7.43. The Morgan fingerprint density at radius 2 is 2.16 bits per heavy atom. The van der Waals surface area contributed by atoms with E-state index in [1.807, 2.05) is 37.5 Å². The summed E-state index contributed by atoms with van der Waals surface area (Å²) < 4.78 is 4.28. The summed E-state index contributed by atoms with van der Waals surface area (Å²) in [4.78, 5) is 13.7. The average molecular weight is 343 g/mol. The molecule has 0 radical (unpaired) electrons. The number of rotatable bonds is 6. The molecule has 0 saturated heterocycles. The lowest BCUT2D eigenvalue weighted by atomic mass is 10.1. The number of nitrogens with two attached hydrogens (primary N) is 1. The number of nitrogens with one attached hydrogen (secondary N) is 1. The van der Waals surface area contributed by atoms with Crippen molar-refractivity contribution in [3.05, 3.63) is 54.7 Å². The Morgan fingerprint density at radius 3 is 2.80 bits per heavy atom. The van der Waals surface area contributed by atoms with Crippen LogP contribution in [0.5, 0.6) is 0 Å². The molecule has 4 N–H and O–H groups in total. The van der Waals surface area contributed by atoms with Gasteiger partial charge in [0.2, 0.25) is 6.33 Å². The molecule has 1 aromatic carbocycles. The number of fused-ring (bicyclic) bond motifs is 1. The van der Waals surface area contributed by atoms with Crippen molar-refractivity contribution in [2.75, 3.05) is 0 Å². The van der Waals surface area contributed by atoms with E-state index < -0.39 is 12.0 Å². The van der Waals surface area contributed by atoms with Gasteiger partial charge in [0.05, 0.1) is 13.6 Å². The van der Waals surface area contributed by atoms with E-state index in [1.165, 1.54) is 12.8 Å². The van der Waals surface area contributed by atoms with Gasteiger partial charge in [-0.1, -0.05) is 31.5 Å². The molecule has 0 bridgehead atoms. The zero-order valence-electron chi connectivity index (χ0n) is 14.9. The van der Waals surface area contributed by atoms with Crippen molar-refractivity contribution in [1.82, 2.24) is 9.55 Å². The van der Waals surface area contributed by atoms with Crippen molar-refractivity contribution < 1.29 is 14.5 Å². The molecule has 0 spiro atoms. The number of benzene rings is 1. The number of H-pyrrole nitrogens is 1. The first-order valence-corrected chi connectivity index (χ1v) is 8.55. The predicted octanol–water partition coefficient (Wildman–Crippen LogP) is 2.23. The Bertz CT molecular complexity index is 806. The normalized spacial score (nSPS) is 11.8. The number of para-hydroxylation sites is 1. The SMILES string of the molecule is CCCCn1cc[n+](C)c1.N[C@@H](Cc1c[nH]c2ccccc12)C(=O)O. The number of unbranched alkanes of at least 4 members (excludes halogenated alkanes) is 1. The fourth-order valence-electron chi connectivity index (χ4n) is 2.60.